The van der Waals surface area contributed by atoms with Crippen molar-refractivity contribution in [2.24, 2.45) is 9.98 Å². The van der Waals surface area contributed by atoms with Crippen molar-refractivity contribution in [3.63, 3.8) is 0 Å². The Balaban J connectivity index is 0.000000364. The summed E-state index contributed by atoms with van der Waals surface area (Å²) in [6, 6.07) is 24.7. The van der Waals surface area contributed by atoms with Crippen molar-refractivity contribution in [3.8, 4) is 11.5 Å². The molecule has 5 heteroatoms. The summed E-state index contributed by atoms with van der Waals surface area (Å²) in [6.45, 7) is 4.17. The first-order valence-corrected chi connectivity index (χ1v) is 10.8. The molecule has 0 heterocycles. The van der Waals surface area contributed by atoms with Gasteiger partial charge in [-0.05, 0) is 43.5 Å². The van der Waals surface area contributed by atoms with Gasteiger partial charge in [0, 0.05) is 6.21 Å². The van der Waals surface area contributed by atoms with Crippen LogP contribution in [0.15, 0.2) is 88.8 Å². The summed E-state index contributed by atoms with van der Waals surface area (Å²) in [6.07, 6.45) is 6.74. The van der Waals surface area contributed by atoms with Gasteiger partial charge < -0.3 is 10.2 Å². The van der Waals surface area contributed by atoms with E-state index < -0.39 is 5.75 Å². The second-order valence-corrected chi connectivity index (χ2v) is 7.13. The predicted molar refractivity (Wildman–Crippen MR) is 127 cm³/mol. The SMILES string of the molecule is CCCCC(C=Nc1ccccc1)=Nc1ccccc1.CCCc1cccc([O-])c1[O-].[Ni+2]. The van der Waals surface area contributed by atoms with Gasteiger partial charge in [-0.15, -0.1) is 11.5 Å². The Bertz CT molecular complexity index is 958. The van der Waals surface area contributed by atoms with Crippen LogP contribution in [-0.2, 0) is 22.9 Å². The van der Waals surface area contributed by atoms with Crippen LogP contribution < -0.4 is 10.2 Å². The fourth-order valence-electron chi connectivity index (χ4n) is 2.87. The third kappa shape index (κ3) is 9.93. The van der Waals surface area contributed by atoms with E-state index in [0.29, 0.717) is 12.0 Å². The molecule has 0 aliphatic rings. The molecule has 0 amide bonds. The zero-order valence-corrected chi connectivity index (χ0v) is 19.6. The fraction of sp³-hybridized carbons (Fsp3) is 0.259. The zero-order valence-electron chi connectivity index (χ0n) is 18.6. The number of benzene rings is 3. The summed E-state index contributed by atoms with van der Waals surface area (Å²) in [5, 5.41) is 21.8. The third-order valence-electron chi connectivity index (χ3n) is 4.51. The molecule has 0 saturated carbocycles. The number of hydrogen-bond acceptors (Lipinski definition) is 4. The van der Waals surface area contributed by atoms with Crippen LogP contribution in [0.5, 0.6) is 11.5 Å². The maximum absolute atomic E-state index is 11.0. The van der Waals surface area contributed by atoms with Crippen LogP contribution >= 0.6 is 0 Å². The summed E-state index contributed by atoms with van der Waals surface area (Å²) < 4.78 is 0. The first-order valence-electron chi connectivity index (χ1n) is 10.8. The number of unbranched alkanes of at least 4 members (excludes halogenated alkanes) is 1. The first-order chi connectivity index (χ1) is 15.1. The van der Waals surface area contributed by atoms with Crippen LogP contribution in [0.3, 0.4) is 0 Å². The molecule has 0 fully saturated rings. The van der Waals surface area contributed by atoms with Crippen molar-refractivity contribution in [1.29, 1.82) is 0 Å². The molecule has 3 rings (SSSR count). The smallest absolute Gasteiger partial charge is 0.873 e. The summed E-state index contributed by atoms with van der Waals surface area (Å²) in [5.41, 5.74) is 3.62. The number of aryl methyl sites for hydroxylation is 1. The van der Waals surface area contributed by atoms with E-state index in [4.69, 9.17) is 0 Å². The van der Waals surface area contributed by atoms with Crippen LogP contribution in [-0.4, -0.2) is 11.9 Å². The number of aliphatic imine (C=N–C) groups is 2. The second-order valence-electron chi connectivity index (χ2n) is 7.13. The minimum absolute atomic E-state index is 0. The fourth-order valence-corrected chi connectivity index (χ4v) is 2.87. The Morgan fingerprint density at radius 1 is 0.781 bits per heavy atom. The normalized spacial score (nSPS) is 10.9. The van der Waals surface area contributed by atoms with Crippen LogP contribution in [0, 0.1) is 0 Å². The van der Waals surface area contributed by atoms with E-state index in [2.05, 4.69) is 16.9 Å². The Hall–Kier alpha value is -2.91. The molecule has 3 aromatic carbocycles. The van der Waals surface area contributed by atoms with Crippen molar-refractivity contribution in [1.82, 2.24) is 0 Å². The molecule has 0 unspecified atom stereocenters. The molecule has 32 heavy (non-hydrogen) atoms. The average molecular weight is 473 g/mol. The van der Waals surface area contributed by atoms with Gasteiger partial charge in [0.2, 0.25) is 0 Å². The number of hydrogen-bond donors (Lipinski definition) is 0. The van der Waals surface area contributed by atoms with Crippen LogP contribution in [0.2, 0.25) is 0 Å². The van der Waals surface area contributed by atoms with E-state index in [9.17, 15) is 10.2 Å². The van der Waals surface area contributed by atoms with Crippen LogP contribution in [0.1, 0.15) is 45.1 Å². The monoisotopic (exact) mass is 472 g/mol. The van der Waals surface area contributed by atoms with Gasteiger partial charge in [-0.25, -0.2) is 0 Å². The summed E-state index contributed by atoms with van der Waals surface area (Å²) in [7, 11) is 0. The maximum Gasteiger partial charge on any atom is 2.00 e. The third-order valence-corrected chi connectivity index (χ3v) is 4.51. The summed E-state index contributed by atoms with van der Waals surface area (Å²) in [5.74, 6) is -0.731. The zero-order chi connectivity index (χ0) is 22.3. The average Bonchev–Trinajstić information content (AvgIpc) is 2.81. The molecular weight excluding hydrogens is 443 g/mol. The Morgan fingerprint density at radius 2 is 1.41 bits per heavy atom. The first kappa shape index (κ1) is 27.1. The van der Waals surface area contributed by atoms with Gasteiger partial charge in [0.05, 0.1) is 17.1 Å². The molecule has 0 N–H and O–H groups in total. The molecule has 0 bridgehead atoms. The van der Waals surface area contributed by atoms with Crippen molar-refractivity contribution >= 4 is 23.3 Å². The van der Waals surface area contributed by atoms with Crippen molar-refractivity contribution < 1.29 is 26.7 Å². The van der Waals surface area contributed by atoms with Gasteiger partial charge >= 0.3 is 16.5 Å². The number of nitrogens with zero attached hydrogens (tertiary/aromatic N) is 2. The van der Waals surface area contributed by atoms with Gasteiger partial charge in [0.15, 0.2) is 0 Å². The van der Waals surface area contributed by atoms with Crippen molar-refractivity contribution in [2.75, 3.05) is 0 Å². The molecule has 0 radical (unpaired) electrons. The molecule has 0 aliphatic heterocycles. The van der Waals surface area contributed by atoms with E-state index in [1.54, 1.807) is 12.1 Å². The molecular formula is C27H30N2NiO2. The number of rotatable bonds is 8. The van der Waals surface area contributed by atoms with Crippen LogP contribution in [0.25, 0.3) is 0 Å². The van der Waals surface area contributed by atoms with Gasteiger partial charge in [-0.3, -0.25) is 9.98 Å². The van der Waals surface area contributed by atoms with Gasteiger partial charge in [-0.1, -0.05) is 86.8 Å². The largest absolute Gasteiger partial charge is 2.00 e. The summed E-state index contributed by atoms with van der Waals surface area (Å²) in [4.78, 5) is 9.18. The minimum Gasteiger partial charge on any atom is -0.873 e. The van der Waals surface area contributed by atoms with Gasteiger partial charge in [-0.2, -0.15) is 0 Å². The predicted octanol–water partition coefficient (Wildman–Crippen LogP) is 6.14. The van der Waals surface area contributed by atoms with Crippen molar-refractivity contribution in [3.05, 3.63) is 84.4 Å². The van der Waals surface area contributed by atoms with E-state index >= 15 is 0 Å². The molecule has 3 aromatic rings. The van der Waals surface area contributed by atoms with Gasteiger partial charge in [0.1, 0.15) is 0 Å². The molecule has 0 atom stereocenters. The Morgan fingerprint density at radius 3 is 2.00 bits per heavy atom. The Labute approximate surface area is 201 Å². The topological polar surface area (TPSA) is 70.8 Å². The van der Waals surface area contributed by atoms with E-state index in [-0.39, 0.29) is 22.2 Å². The molecule has 0 spiro atoms. The Kier molecular flexibility index (Phi) is 13.4. The summed E-state index contributed by atoms with van der Waals surface area (Å²) >= 11 is 0. The second kappa shape index (κ2) is 15.8. The van der Waals surface area contributed by atoms with E-state index in [1.165, 1.54) is 6.07 Å². The van der Waals surface area contributed by atoms with E-state index in [0.717, 1.165) is 42.8 Å². The molecule has 4 nitrogen and oxygen atoms in total. The van der Waals surface area contributed by atoms with Crippen LogP contribution in [0.4, 0.5) is 11.4 Å². The van der Waals surface area contributed by atoms with Gasteiger partial charge in [0.25, 0.3) is 0 Å². The molecule has 170 valence electrons. The minimum atomic E-state index is -0.393. The molecule has 0 saturated heterocycles. The maximum atomic E-state index is 11.0. The van der Waals surface area contributed by atoms with E-state index in [1.807, 2.05) is 73.8 Å². The van der Waals surface area contributed by atoms with Crippen molar-refractivity contribution in [2.45, 2.75) is 46.0 Å². The number of para-hydroxylation sites is 3. The molecule has 0 aromatic heterocycles. The quantitative estimate of drug-likeness (QED) is 0.292. The molecule has 0 aliphatic carbocycles. The standard InChI is InChI=1S/C18H20N2.C9H12O2.Ni/c1-2-3-10-18(20-17-13-8-5-9-14-17)15-19-16-11-6-4-7-12-16;1-2-4-7-5-3-6-8(10)9(7)11;/h4-9,11-15H,2-3,10H2,1H3;3,5-6,10-11H,2,4H2,1H3;/q;;+2/p-2.